The lowest BCUT2D eigenvalue weighted by atomic mass is 10.1. The lowest BCUT2D eigenvalue weighted by Gasteiger charge is -2.26. The fraction of sp³-hybridized carbons (Fsp3) is 0.0714. The van der Waals surface area contributed by atoms with Crippen LogP contribution in [0.4, 0.5) is 11.4 Å². The van der Waals surface area contributed by atoms with E-state index in [9.17, 15) is 23.3 Å². The molecule has 0 aromatic heterocycles. The lowest BCUT2D eigenvalue weighted by molar-refractivity contribution is -0.385. The average Bonchev–Trinajstić information content (AvgIpc) is 2.96. The van der Waals surface area contributed by atoms with Gasteiger partial charge in [-0.3, -0.25) is 19.2 Å². The number of carbonyl (C=O) groups excluding carboxylic acids is 1. The van der Waals surface area contributed by atoms with Crippen molar-refractivity contribution in [3.05, 3.63) is 130 Å². The zero-order valence-electron chi connectivity index (χ0n) is 20.8. The zero-order chi connectivity index (χ0) is 27.8. The van der Waals surface area contributed by atoms with Gasteiger partial charge in [-0.05, 0) is 42.0 Å². The highest BCUT2D eigenvalue weighted by molar-refractivity contribution is 7.92. The van der Waals surface area contributed by atoms with E-state index < -0.39 is 20.9 Å². The molecule has 0 aliphatic rings. The van der Waals surface area contributed by atoms with Crippen molar-refractivity contribution in [1.29, 1.82) is 0 Å². The molecule has 0 saturated carbocycles. The number of methoxy groups -OCH3 is 1. The quantitative estimate of drug-likeness (QED) is 0.174. The van der Waals surface area contributed by atoms with Gasteiger partial charge in [0.15, 0.2) is 5.75 Å². The molecule has 11 heteroatoms. The Kier molecular flexibility index (Phi) is 8.32. The molecule has 10 nitrogen and oxygen atoms in total. The molecular formula is C28H24N4O6S. The van der Waals surface area contributed by atoms with E-state index in [1.165, 1.54) is 48.0 Å². The van der Waals surface area contributed by atoms with E-state index in [4.69, 9.17) is 4.74 Å². The first-order chi connectivity index (χ1) is 18.8. The maximum absolute atomic E-state index is 13.7. The second kappa shape index (κ2) is 12.0. The summed E-state index contributed by atoms with van der Waals surface area (Å²) < 4.78 is 33.7. The van der Waals surface area contributed by atoms with Gasteiger partial charge in [-0.15, -0.1) is 0 Å². The number of nitrogens with one attached hydrogen (secondary N) is 1. The Morgan fingerprint density at radius 3 is 2.28 bits per heavy atom. The number of hydrogen-bond donors (Lipinski definition) is 1. The highest BCUT2D eigenvalue weighted by Gasteiger charge is 2.28. The Bertz CT molecular complexity index is 1610. The van der Waals surface area contributed by atoms with Crippen LogP contribution in [0.2, 0.25) is 0 Å². The molecule has 4 aromatic carbocycles. The number of nitro groups is 1. The Balaban J connectivity index is 1.66. The summed E-state index contributed by atoms with van der Waals surface area (Å²) in [5.41, 5.74) is 3.46. The van der Waals surface area contributed by atoms with Crippen molar-refractivity contribution < 1.29 is 22.9 Å². The second-order valence-electron chi connectivity index (χ2n) is 8.22. The molecule has 4 aromatic rings. The van der Waals surface area contributed by atoms with Crippen molar-refractivity contribution in [3.63, 3.8) is 0 Å². The summed E-state index contributed by atoms with van der Waals surface area (Å²) in [5.74, 6) is -0.570. The van der Waals surface area contributed by atoms with Crippen molar-refractivity contribution in [2.45, 2.75) is 11.4 Å². The Morgan fingerprint density at radius 1 is 0.974 bits per heavy atom. The minimum absolute atomic E-state index is 0.0128. The van der Waals surface area contributed by atoms with Crippen LogP contribution >= 0.6 is 0 Å². The third-order valence-electron chi connectivity index (χ3n) is 5.70. The summed E-state index contributed by atoms with van der Waals surface area (Å²) in [6, 6.07) is 27.5. The van der Waals surface area contributed by atoms with Gasteiger partial charge >= 0.3 is 5.69 Å². The van der Waals surface area contributed by atoms with Gasteiger partial charge in [0, 0.05) is 11.6 Å². The molecule has 0 unspecified atom stereocenters. The largest absolute Gasteiger partial charge is 0.490 e. The number of sulfonamides is 1. The first kappa shape index (κ1) is 27.0. The van der Waals surface area contributed by atoms with Crippen LogP contribution in [0.25, 0.3) is 0 Å². The van der Waals surface area contributed by atoms with E-state index in [2.05, 4.69) is 10.5 Å². The van der Waals surface area contributed by atoms with Crippen LogP contribution in [0.5, 0.6) is 5.75 Å². The van der Waals surface area contributed by atoms with Crippen molar-refractivity contribution in [3.8, 4) is 5.75 Å². The van der Waals surface area contributed by atoms with E-state index in [-0.39, 0.29) is 34.1 Å². The van der Waals surface area contributed by atoms with E-state index in [1.54, 1.807) is 66.7 Å². The van der Waals surface area contributed by atoms with Gasteiger partial charge in [0.1, 0.15) is 0 Å². The molecule has 0 bridgehead atoms. The molecular weight excluding hydrogens is 520 g/mol. The summed E-state index contributed by atoms with van der Waals surface area (Å²) in [4.78, 5) is 23.9. The van der Waals surface area contributed by atoms with Crippen molar-refractivity contribution >= 4 is 33.5 Å². The van der Waals surface area contributed by atoms with E-state index in [0.29, 0.717) is 5.56 Å². The SMILES string of the molecule is COc1ccc(/C=N\NC(=O)c2ccccc2N(Cc2ccccc2)S(=O)(=O)c2ccccc2)cc1[N+](=O)[O-]. The molecule has 0 saturated heterocycles. The zero-order valence-corrected chi connectivity index (χ0v) is 21.6. The summed E-state index contributed by atoms with van der Waals surface area (Å²) in [7, 11) is -2.73. The number of hydrogen-bond acceptors (Lipinski definition) is 7. The number of benzene rings is 4. The molecule has 198 valence electrons. The molecule has 0 fully saturated rings. The maximum atomic E-state index is 13.7. The molecule has 4 rings (SSSR count). The summed E-state index contributed by atoms with van der Waals surface area (Å²) in [6.07, 6.45) is 1.25. The molecule has 0 spiro atoms. The van der Waals surface area contributed by atoms with Crippen LogP contribution in [0.3, 0.4) is 0 Å². The van der Waals surface area contributed by atoms with E-state index >= 15 is 0 Å². The molecule has 1 amide bonds. The highest BCUT2D eigenvalue weighted by Crippen LogP contribution is 2.30. The van der Waals surface area contributed by atoms with Gasteiger partial charge in [-0.2, -0.15) is 5.10 Å². The Hall–Kier alpha value is -5.03. The second-order valence-corrected chi connectivity index (χ2v) is 10.1. The number of hydrazone groups is 1. The Labute approximate surface area is 225 Å². The minimum Gasteiger partial charge on any atom is -0.490 e. The summed E-state index contributed by atoms with van der Waals surface area (Å²) in [6.45, 7) is -0.0128. The first-order valence-electron chi connectivity index (χ1n) is 11.7. The molecule has 1 N–H and O–H groups in total. The monoisotopic (exact) mass is 544 g/mol. The van der Waals surface area contributed by atoms with Gasteiger partial charge in [0.2, 0.25) is 0 Å². The predicted molar refractivity (Wildman–Crippen MR) is 147 cm³/mol. The van der Waals surface area contributed by atoms with E-state index in [0.717, 1.165) is 5.56 Å². The third kappa shape index (κ3) is 6.28. The van der Waals surface area contributed by atoms with Crippen LogP contribution in [-0.2, 0) is 16.6 Å². The van der Waals surface area contributed by atoms with Gasteiger partial charge in [0.05, 0.1) is 40.9 Å². The number of anilines is 1. The number of rotatable bonds is 10. The van der Waals surface area contributed by atoms with Crippen molar-refractivity contribution in [1.82, 2.24) is 5.43 Å². The van der Waals surface area contributed by atoms with Crippen LogP contribution in [-0.4, -0.2) is 32.6 Å². The van der Waals surface area contributed by atoms with Crippen molar-refractivity contribution in [2.75, 3.05) is 11.4 Å². The number of nitrogens with zero attached hydrogens (tertiary/aromatic N) is 3. The third-order valence-corrected chi connectivity index (χ3v) is 7.47. The smallest absolute Gasteiger partial charge is 0.311 e. The summed E-state index contributed by atoms with van der Waals surface area (Å²) >= 11 is 0. The van der Waals surface area contributed by atoms with Crippen LogP contribution < -0.4 is 14.5 Å². The molecule has 0 heterocycles. The minimum atomic E-state index is -4.05. The fourth-order valence-corrected chi connectivity index (χ4v) is 5.30. The van der Waals surface area contributed by atoms with Gasteiger partial charge in [0.25, 0.3) is 15.9 Å². The van der Waals surface area contributed by atoms with Gasteiger partial charge < -0.3 is 4.74 Å². The first-order valence-corrected chi connectivity index (χ1v) is 13.1. The Morgan fingerprint density at radius 2 is 1.62 bits per heavy atom. The molecule has 0 aliphatic carbocycles. The molecule has 0 aliphatic heterocycles. The van der Waals surface area contributed by atoms with Gasteiger partial charge in [-0.1, -0.05) is 60.7 Å². The standard InChI is InChI=1S/C28H24N4O6S/c1-38-27-17-16-22(18-26(27)32(34)35)19-29-30-28(33)24-14-8-9-15-25(24)31(20-21-10-4-2-5-11-21)39(36,37)23-12-6-3-7-13-23/h2-19H,20H2,1H3,(H,30,33)/b29-19-. The topological polar surface area (TPSA) is 131 Å². The maximum Gasteiger partial charge on any atom is 0.311 e. The molecule has 39 heavy (non-hydrogen) atoms. The average molecular weight is 545 g/mol. The normalized spacial score (nSPS) is 11.2. The highest BCUT2D eigenvalue weighted by atomic mass is 32.2. The predicted octanol–water partition coefficient (Wildman–Crippen LogP) is 4.76. The van der Waals surface area contributed by atoms with Crippen molar-refractivity contribution in [2.24, 2.45) is 5.10 Å². The molecule has 0 radical (unpaired) electrons. The van der Waals surface area contributed by atoms with Crippen LogP contribution in [0.15, 0.2) is 113 Å². The number of carbonyl (C=O) groups is 1. The number of para-hydroxylation sites is 1. The van der Waals surface area contributed by atoms with Gasteiger partial charge in [-0.25, -0.2) is 13.8 Å². The fourth-order valence-electron chi connectivity index (χ4n) is 3.81. The number of amides is 1. The lowest BCUT2D eigenvalue weighted by Crippen LogP contribution is -2.33. The number of ether oxygens (including phenoxy) is 1. The number of nitro benzene ring substituents is 1. The van der Waals surface area contributed by atoms with Crippen LogP contribution in [0.1, 0.15) is 21.5 Å². The summed E-state index contributed by atoms with van der Waals surface area (Å²) in [5, 5.41) is 15.2. The van der Waals surface area contributed by atoms with E-state index in [1.807, 2.05) is 6.07 Å². The molecule has 0 atom stereocenters. The van der Waals surface area contributed by atoms with Crippen LogP contribution in [0, 0.1) is 10.1 Å².